The van der Waals surface area contributed by atoms with Gasteiger partial charge in [-0.05, 0) is 25.9 Å². The number of morpholine rings is 1. The number of likely N-dealkylation sites (tertiary alicyclic amines) is 1. The number of ether oxygens (including phenoxy) is 1. The monoisotopic (exact) mass is 362 g/mol. The lowest BCUT2D eigenvalue weighted by atomic mass is 10.1. The van der Waals surface area contributed by atoms with Crippen molar-refractivity contribution in [2.75, 3.05) is 50.8 Å². The standard InChI is InChI=1S/C17H26N6O3/c1-20-14-13(15(24)19-17(20)25)23(8-7-21-5-3-2-4-6-21)16(18-14)22-9-11-26-12-10-22/h2-12H2,1H3,(H,19,24,25). The lowest BCUT2D eigenvalue weighted by Gasteiger charge is -2.30. The maximum Gasteiger partial charge on any atom is 0.329 e. The van der Waals surface area contributed by atoms with Gasteiger partial charge in [0.05, 0.1) is 13.2 Å². The van der Waals surface area contributed by atoms with Gasteiger partial charge in [-0.25, -0.2) is 4.79 Å². The van der Waals surface area contributed by atoms with Gasteiger partial charge in [0.15, 0.2) is 11.2 Å². The third kappa shape index (κ3) is 3.16. The molecule has 0 saturated carbocycles. The number of piperidine rings is 1. The number of H-pyrrole nitrogens is 1. The van der Waals surface area contributed by atoms with Gasteiger partial charge in [-0.2, -0.15) is 4.98 Å². The van der Waals surface area contributed by atoms with E-state index in [9.17, 15) is 9.59 Å². The summed E-state index contributed by atoms with van der Waals surface area (Å²) in [7, 11) is 1.64. The van der Waals surface area contributed by atoms with Crippen molar-refractivity contribution < 1.29 is 4.74 Å². The van der Waals surface area contributed by atoms with Crippen molar-refractivity contribution in [2.24, 2.45) is 7.05 Å². The normalized spacial score (nSPS) is 19.3. The Bertz CT molecular complexity index is 886. The van der Waals surface area contributed by atoms with E-state index < -0.39 is 5.69 Å². The first-order chi connectivity index (χ1) is 12.6. The summed E-state index contributed by atoms with van der Waals surface area (Å²) in [6.45, 7) is 6.53. The summed E-state index contributed by atoms with van der Waals surface area (Å²) in [5, 5.41) is 0. The van der Waals surface area contributed by atoms with Crippen molar-refractivity contribution in [1.29, 1.82) is 0 Å². The maximum absolute atomic E-state index is 12.5. The lowest BCUT2D eigenvalue weighted by molar-refractivity contribution is 0.121. The Morgan fingerprint density at radius 2 is 1.77 bits per heavy atom. The van der Waals surface area contributed by atoms with Crippen LogP contribution < -0.4 is 16.1 Å². The molecule has 2 aliphatic rings. The zero-order chi connectivity index (χ0) is 18.1. The molecule has 1 N–H and O–H groups in total. The summed E-state index contributed by atoms with van der Waals surface area (Å²) in [5.74, 6) is 0.756. The fourth-order valence-electron chi connectivity index (χ4n) is 3.86. The van der Waals surface area contributed by atoms with E-state index in [4.69, 9.17) is 4.74 Å². The second-order valence-electron chi connectivity index (χ2n) is 7.06. The fourth-order valence-corrected chi connectivity index (χ4v) is 3.86. The molecule has 0 atom stereocenters. The molecule has 0 bridgehead atoms. The van der Waals surface area contributed by atoms with E-state index in [-0.39, 0.29) is 5.56 Å². The summed E-state index contributed by atoms with van der Waals surface area (Å²) in [5.41, 5.74) is 0.120. The van der Waals surface area contributed by atoms with Gasteiger partial charge in [-0.3, -0.25) is 14.3 Å². The topological polar surface area (TPSA) is 88.4 Å². The molecule has 9 heteroatoms. The van der Waals surface area contributed by atoms with Crippen LogP contribution in [-0.4, -0.2) is 69.9 Å². The molecule has 0 aromatic carbocycles. The molecule has 26 heavy (non-hydrogen) atoms. The van der Waals surface area contributed by atoms with Crippen molar-refractivity contribution >= 4 is 17.1 Å². The maximum atomic E-state index is 12.5. The number of hydrogen-bond donors (Lipinski definition) is 1. The number of nitrogens with zero attached hydrogens (tertiary/aromatic N) is 5. The number of fused-ring (bicyclic) bond motifs is 1. The highest BCUT2D eigenvalue weighted by Gasteiger charge is 2.23. The molecular weight excluding hydrogens is 336 g/mol. The zero-order valence-electron chi connectivity index (χ0n) is 15.2. The highest BCUT2D eigenvalue weighted by Crippen LogP contribution is 2.21. The smallest absolute Gasteiger partial charge is 0.329 e. The van der Waals surface area contributed by atoms with Gasteiger partial charge in [0, 0.05) is 33.2 Å². The molecule has 4 rings (SSSR count). The van der Waals surface area contributed by atoms with E-state index in [1.807, 2.05) is 4.57 Å². The minimum Gasteiger partial charge on any atom is -0.378 e. The Morgan fingerprint density at radius 3 is 2.50 bits per heavy atom. The molecule has 142 valence electrons. The first-order valence-electron chi connectivity index (χ1n) is 9.40. The van der Waals surface area contributed by atoms with Crippen LogP contribution in [0.25, 0.3) is 11.2 Å². The SMILES string of the molecule is Cn1c(=O)[nH]c(=O)c2c1nc(N1CCOCC1)n2CCN1CCCCC1. The van der Waals surface area contributed by atoms with Crippen LogP contribution in [0.1, 0.15) is 19.3 Å². The summed E-state index contributed by atoms with van der Waals surface area (Å²) < 4.78 is 8.84. The predicted octanol–water partition coefficient (Wildman–Crippen LogP) is -0.254. The van der Waals surface area contributed by atoms with Crippen molar-refractivity contribution in [3.8, 4) is 0 Å². The molecule has 4 heterocycles. The largest absolute Gasteiger partial charge is 0.378 e. The molecule has 0 aliphatic carbocycles. The van der Waals surface area contributed by atoms with E-state index >= 15 is 0 Å². The van der Waals surface area contributed by atoms with Crippen LogP contribution in [0.15, 0.2) is 9.59 Å². The second-order valence-corrected chi connectivity index (χ2v) is 7.06. The average molecular weight is 362 g/mol. The van der Waals surface area contributed by atoms with Gasteiger partial charge in [-0.15, -0.1) is 0 Å². The Labute approximate surface area is 151 Å². The van der Waals surface area contributed by atoms with Gasteiger partial charge in [0.2, 0.25) is 5.95 Å². The lowest BCUT2D eigenvalue weighted by Crippen LogP contribution is -2.39. The number of nitrogens with one attached hydrogen (secondary N) is 1. The van der Waals surface area contributed by atoms with Crippen molar-refractivity contribution in [3.05, 3.63) is 20.8 Å². The zero-order valence-corrected chi connectivity index (χ0v) is 15.2. The number of hydrogen-bond acceptors (Lipinski definition) is 6. The molecule has 9 nitrogen and oxygen atoms in total. The first-order valence-corrected chi connectivity index (χ1v) is 9.40. The molecule has 0 radical (unpaired) electrons. The molecule has 2 aliphatic heterocycles. The Kier molecular flexibility index (Phi) is 4.82. The molecule has 2 aromatic heterocycles. The molecule has 0 unspecified atom stereocenters. The summed E-state index contributed by atoms with van der Waals surface area (Å²) in [6.07, 6.45) is 3.76. The predicted molar refractivity (Wildman–Crippen MR) is 98.9 cm³/mol. The van der Waals surface area contributed by atoms with Crippen LogP contribution in [0, 0.1) is 0 Å². The Hall–Kier alpha value is -2.13. The average Bonchev–Trinajstić information content (AvgIpc) is 3.06. The van der Waals surface area contributed by atoms with Crippen LogP contribution in [0.2, 0.25) is 0 Å². The van der Waals surface area contributed by atoms with Gasteiger partial charge < -0.3 is 19.1 Å². The number of aromatic amines is 1. The third-order valence-electron chi connectivity index (χ3n) is 5.37. The van der Waals surface area contributed by atoms with E-state index in [2.05, 4.69) is 19.8 Å². The molecule has 2 fully saturated rings. The number of anilines is 1. The van der Waals surface area contributed by atoms with Gasteiger partial charge in [-0.1, -0.05) is 6.42 Å². The quantitative estimate of drug-likeness (QED) is 0.807. The number of aromatic nitrogens is 4. The van der Waals surface area contributed by atoms with Gasteiger partial charge in [0.25, 0.3) is 5.56 Å². The number of rotatable bonds is 4. The summed E-state index contributed by atoms with van der Waals surface area (Å²) in [6, 6.07) is 0. The van der Waals surface area contributed by atoms with Crippen LogP contribution in [-0.2, 0) is 18.3 Å². The van der Waals surface area contributed by atoms with Crippen LogP contribution in [0.4, 0.5) is 5.95 Å². The summed E-state index contributed by atoms with van der Waals surface area (Å²) in [4.78, 5) is 36.2. The van der Waals surface area contributed by atoms with Crippen LogP contribution in [0.3, 0.4) is 0 Å². The van der Waals surface area contributed by atoms with E-state index in [0.29, 0.717) is 30.9 Å². The van der Waals surface area contributed by atoms with Crippen molar-refractivity contribution in [2.45, 2.75) is 25.8 Å². The van der Waals surface area contributed by atoms with Crippen molar-refractivity contribution in [1.82, 2.24) is 24.0 Å². The minimum absolute atomic E-state index is 0.367. The van der Waals surface area contributed by atoms with E-state index in [1.165, 1.54) is 23.8 Å². The molecule has 0 spiro atoms. The third-order valence-corrected chi connectivity index (χ3v) is 5.37. The Morgan fingerprint density at radius 1 is 1.04 bits per heavy atom. The number of imidazole rings is 1. The Balaban J connectivity index is 1.75. The van der Waals surface area contributed by atoms with Crippen molar-refractivity contribution in [3.63, 3.8) is 0 Å². The van der Waals surface area contributed by atoms with Gasteiger partial charge >= 0.3 is 5.69 Å². The van der Waals surface area contributed by atoms with Gasteiger partial charge in [0.1, 0.15) is 0 Å². The molecule has 2 saturated heterocycles. The molecule has 0 amide bonds. The molecule has 2 aromatic rings. The second kappa shape index (κ2) is 7.24. The first kappa shape index (κ1) is 17.3. The van der Waals surface area contributed by atoms with E-state index in [0.717, 1.165) is 38.7 Å². The van der Waals surface area contributed by atoms with Crippen LogP contribution >= 0.6 is 0 Å². The minimum atomic E-state index is -0.434. The highest BCUT2D eigenvalue weighted by molar-refractivity contribution is 5.74. The number of aryl methyl sites for hydroxylation is 1. The van der Waals surface area contributed by atoms with Crippen LogP contribution in [0.5, 0.6) is 0 Å². The summed E-state index contributed by atoms with van der Waals surface area (Å²) >= 11 is 0. The van der Waals surface area contributed by atoms with E-state index in [1.54, 1.807) is 7.05 Å². The highest BCUT2D eigenvalue weighted by atomic mass is 16.5. The molecular formula is C17H26N6O3. The fraction of sp³-hybridized carbons (Fsp3) is 0.706.